The summed E-state index contributed by atoms with van der Waals surface area (Å²) in [4.78, 5) is 12.7. The number of halogens is 2. The lowest BCUT2D eigenvalue weighted by Crippen LogP contribution is -2.20. The maximum Gasteiger partial charge on any atom is 0.300 e. The maximum atomic E-state index is 13.1. The van der Waals surface area contributed by atoms with E-state index in [-0.39, 0.29) is 17.0 Å². The SMILES string of the molecule is O=c1c2nnc(SCc3ccc(Cl)cc3)n2ccn1-c1ccc(F)cc1. The van der Waals surface area contributed by atoms with Crippen molar-refractivity contribution < 1.29 is 4.39 Å². The van der Waals surface area contributed by atoms with E-state index in [1.807, 2.05) is 24.3 Å². The van der Waals surface area contributed by atoms with Gasteiger partial charge in [0.15, 0.2) is 5.16 Å². The summed E-state index contributed by atoms with van der Waals surface area (Å²) in [5, 5.41) is 9.44. The number of nitrogens with zero attached hydrogens (tertiary/aromatic N) is 4. The Kier molecular flexibility index (Phi) is 4.48. The third kappa shape index (κ3) is 3.23. The molecule has 130 valence electrons. The van der Waals surface area contributed by atoms with Crippen molar-refractivity contribution in [3.63, 3.8) is 0 Å². The van der Waals surface area contributed by atoms with Gasteiger partial charge in [-0.3, -0.25) is 13.8 Å². The highest BCUT2D eigenvalue weighted by molar-refractivity contribution is 7.98. The molecule has 0 spiro atoms. The van der Waals surface area contributed by atoms with Crippen LogP contribution in [0.25, 0.3) is 11.3 Å². The van der Waals surface area contributed by atoms with Gasteiger partial charge in [0.2, 0.25) is 5.65 Å². The standard InChI is InChI=1S/C18H12ClFN4OS/c19-13-3-1-12(2-4-13)11-26-18-22-21-16-17(25)23(9-10-24(16)18)15-7-5-14(20)6-8-15/h1-10H,11H2. The average Bonchev–Trinajstić information content (AvgIpc) is 3.07. The quantitative estimate of drug-likeness (QED) is 0.498. The summed E-state index contributed by atoms with van der Waals surface area (Å²) >= 11 is 7.37. The molecule has 0 atom stereocenters. The average molecular weight is 387 g/mol. The van der Waals surface area contributed by atoms with Crippen LogP contribution in [0.15, 0.2) is 70.9 Å². The molecule has 0 aliphatic rings. The van der Waals surface area contributed by atoms with Gasteiger partial charge >= 0.3 is 5.56 Å². The van der Waals surface area contributed by atoms with Gasteiger partial charge in [-0.25, -0.2) is 4.39 Å². The highest BCUT2D eigenvalue weighted by Gasteiger charge is 2.12. The number of thioether (sulfide) groups is 1. The van der Waals surface area contributed by atoms with E-state index >= 15 is 0 Å². The molecule has 2 aromatic heterocycles. The lowest BCUT2D eigenvalue weighted by atomic mass is 10.2. The van der Waals surface area contributed by atoms with Gasteiger partial charge in [0.05, 0.1) is 0 Å². The number of aromatic nitrogens is 4. The van der Waals surface area contributed by atoms with Crippen LogP contribution in [0.3, 0.4) is 0 Å². The molecule has 8 heteroatoms. The summed E-state index contributed by atoms with van der Waals surface area (Å²) in [7, 11) is 0. The normalized spacial score (nSPS) is 11.2. The molecule has 0 saturated heterocycles. The van der Waals surface area contributed by atoms with Crippen molar-refractivity contribution in [2.75, 3.05) is 0 Å². The molecule has 5 nitrogen and oxygen atoms in total. The van der Waals surface area contributed by atoms with E-state index in [2.05, 4.69) is 10.2 Å². The first kappa shape index (κ1) is 16.8. The molecule has 0 saturated carbocycles. The van der Waals surface area contributed by atoms with Crippen molar-refractivity contribution in [1.29, 1.82) is 0 Å². The molecule has 0 aliphatic heterocycles. The van der Waals surface area contributed by atoms with Gasteiger partial charge in [-0.2, -0.15) is 0 Å². The van der Waals surface area contributed by atoms with Gasteiger partial charge in [0, 0.05) is 28.9 Å². The smallest absolute Gasteiger partial charge is 0.280 e. The van der Waals surface area contributed by atoms with Gasteiger partial charge in [0.25, 0.3) is 0 Å². The molecule has 0 fully saturated rings. The number of fused-ring (bicyclic) bond motifs is 1. The minimum atomic E-state index is -0.355. The summed E-state index contributed by atoms with van der Waals surface area (Å²) in [5.41, 5.74) is 1.56. The predicted octanol–water partition coefficient (Wildman–Crippen LogP) is 3.97. The zero-order valence-corrected chi connectivity index (χ0v) is 14.9. The molecule has 4 rings (SSSR count). The molecule has 26 heavy (non-hydrogen) atoms. The van der Waals surface area contributed by atoms with Crippen LogP contribution in [-0.2, 0) is 5.75 Å². The van der Waals surface area contributed by atoms with Crippen LogP contribution >= 0.6 is 23.4 Å². The molecular weight excluding hydrogens is 375 g/mol. The largest absolute Gasteiger partial charge is 0.300 e. The zero-order valence-electron chi connectivity index (χ0n) is 13.3. The van der Waals surface area contributed by atoms with Gasteiger partial charge < -0.3 is 0 Å². The second-order valence-corrected chi connectivity index (χ2v) is 6.92. The lowest BCUT2D eigenvalue weighted by Gasteiger charge is -2.06. The summed E-state index contributed by atoms with van der Waals surface area (Å²) in [5.74, 6) is 0.324. The molecule has 2 aromatic carbocycles. The molecule has 0 aliphatic carbocycles. The Hall–Kier alpha value is -2.64. The van der Waals surface area contributed by atoms with Crippen molar-refractivity contribution in [3.8, 4) is 5.69 Å². The first-order chi connectivity index (χ1) is 12.6. The summed E-state index contributed by atoms with van der Waals surface area (Å²) in [6.45, 7) is 0. The van der Waals surface area contributed by atoms with Gasteiger partial charge in [-0.1, -0.05) is 35.5 Å². The van der Waals surface area contributed by atoms with Crippen molar-refractivity contribution in [2.24, 2.45) is 0 Å². The number of benzene rings is 2. The Morgan fingerprint density at radius 3 is 2.46 bits per heavy atom. The third-order valence-electron chi connectivity index (χ3n) is 3.83. The fourth-order valence-corrected chi connectivity index (χ4v) is 3.50. The monoisotopic (exact) mass is 386 g/mol. The number of hydrogen-bond acceptors (Lipinski definition) is 4. The first-order valence-corrected chi connectivity index (χ1v) is 9.08. The van der Waals surface area contributed by atoms with E-state index in [0.717, 1.165) is 5.56 Å². The lowest BCUT2D eigenvalue weighted by molar-refractivity contribution is 0.627. The first-order valence-electron chi connectivity index (χ1n) is 7.71. The van der Waals surface area contributed by atoms with Crippen molar-refractivity contribution in [1.82, 2.24) is 19.2 Å². The minimum absolute atomic E-state index is 0.218. The van der Waals surface area contributed by atoms with Crippen LogP contribution in [0.4, 0.5) is 4.39 Å². The second kappa shape index (κ2) is 6.93. The van der Waals surface area contributed by atoms with E-state index in [4.69, 9.17) is 11.6 Å². The predicted molar refractivity (Wildman–Crippen MR) is 99.6 cm³/mol. The minimum Gasteiger partial charge on any atom is -0.280 e. The van der Waals surface area contributed by atoms with E-state index in [1.54, 1.807) is 28.9 Å². The molecule has 0 radical (unpaired) electrons. The summed E-state index contributed by atoms with van der Waals surface area (Å²) in [6.07, 6.45) is 3.35. The van der Waals surface area contributed by atoms with E-state index in [0.29, 0.717) is 21.6 Å². The van der Waals surface area contributed by atoms with Crippen LogP contribution in [0.5, 0.6) is 0 Å². The summed E-state index contributed by atoms with van der Waals surface area (Å²) < 4.78 is 16.2. The third-order valence-corrected chi connectivity index (χ3v) is 5.09. The Bertz CT molecular complexity index is 1120. The van der Waals surface area contributed by atoms with E-state index < -0.39 is 0 Å². The van der Waals surface area contributed by atoms with E-state index in [9.17, 15) is 9.18 Å². The van der Waals surface area contributed by atoms with Crippen LogP contribution in [0.2, 0.25) is 5.02 Å². The maximum absolute atomic E-state index is 13.1. The highest BCUT2D eigenvalue weighted by atomic mass is 35.5. The molecule has 0 amide bonds. The van der Waals surface area contributed by atoms with E-state index in [1.165, 1.54) is 28.5 Å². The van der Waals surface area contributed by atoms with Gasteiger partial charge in [-0.05, 0) is 42.0 Å². The Morgan fingerprint density at radius 2 is 1.73 bits per heavy atom. The topological polar surface area (TPSA) is 52.2 Å². The second-order valence-electron chi connectivity index (χ2n) is 5.54. The van der Waals surface area contributed by atoms with Crippen LogP contribution in [0.1, 0.15) is 5.56 Å². The molecule has 4 aromatic rings. The Balaban J connectivity index is 1.64. The molecule has 2 heterocycles. The molecular formula is C18H12ClFN4OS. The number of hydrogen-bond donors (Lipinski definition) is 0. The van der Waals surface area contributed by atoms with Crippen molar-refractivity contribution in [3.05, 3.63) is 87.7 Å². The zero-order chi connectivity index (χ0) is 18.1. The number of rotatable bonds is 4. The fraction of sp³-hybridized carbons (Fsp3) is 0.0556. The van der Waals surface area contributed by atoms with Crippen LogP contribution in [0, 0.1) is 5.82 Å². The summed E-state index contributed by atoms with van der Waals surface area (Å²) in [6, 6.07) is 13.3. The Morgan fingerprint density at radius 1 is 1.00 bits per heavy atom. The van der Waals surface area contributed by atoms with Gasteiger partial charge in [0.1, 0.15) is 5.82 Å². The van der Waals surface area contributed by atoms with Gasteiger partial charge in [-0.15, -0.1) is 10.2 Å². The van der Waals surface area contributed by atoms with Crippen LogP contribution in [-0.4, -0.2) is 19.2 Å². The fourth-order valence-electron chi connectivity index (χ4n) is 2.50. The highest BCUT2D eigenvalue weighted by Crippen LogP contribution is 2.22. The van der Waals surface area contributed by atoms with Crippen molar-refractivity contribution in [2.45, 2.75) is 10.9 Å². The molecule has 0 N–H and O–H groups in total. The molecule has 0 unspecified atom stereocenters. The Labute approximate surface area is 157 Å². The van der Waals surface area contributed by atoms with Crippen molar-refractivity contribution >= 4 is 29.0 Å². The van der Waals surface area contributed by atoms with Crippen LogP contribution < -0.4 is 5.56 Å². The molecule has 0 bridgehead atoms.